The fraction of sp³-hybridized carbons (Fsp3) is 0.353. The number of likely N-dealkylation sites (tertiary alicyclic amines) is 1. The molecule has 1 fully saturated rings. The van der Waals surface area contributed by atoms with Crippen LogP contribution in [0.2, 0.25) is 0 Å². The van der Waals surface area contributed by atoms with Gasteiger partial charge >= 0.3 is 6.09 Å². The molecule has 1 aliphatic rings. The van der Waals surface area contributed by atoms with Crippen molar-refractivity contribution in [3.63, 3.8) is 0 Å². The molecule has 25 heavy (non-hydrogen) atoms. The second-order valence-corrected chi connectivity index (χ2v) is 6.88. The van der Waals surface area contributed by atoms with E-state index in [1.54, 1.807) is 11.3 Å². The molecule has 1 saturated heterocycles. The Hall–Kier alpha value is -2.45. The number of carbonyl (C=O) groups excluding carboxylic acids is 1. The van der Waals surface area contributed by atoms with Crippen molar-refractivity contribution in [2.24, 2.45) is 0 Å². The van der Waals surface area contributed by atoms with Gasteiger partial charge in [-0.1, -0.05) is 24.3 Å². The molecule has 0 unspecified atom stereocenters. The van der Waals surface area contributed by atoms with Gasteiger partial charge in [-0.05, 0) is 18.1 Å². The lowest BCUT2D eigenvalue weighted by atomic mass is 10.1. The first-order valence-corrected chi connectivity index (χ1v) is 8.78. The summed E-state index contributed by atoms with van der Waals surface area (Å²) >= 11 is 1.58. The average Bonchev–Trinajstić information content (AvgIpc) is 3.19. The number of aromatic nitrogens is 1. The van der Waals surface area contributed by atoms with Crippen LogP contribution in [0.25, 0.3) is 10.4 Å². The van der Waals surface area contributed by atoms with Gasteiger partial charge in [-0.15, -0.1) is 11.3 Å². The predicted octanol–water partition coefficient (Wildman–Crippen LogP) is 1.85. The zero-order valence-electron chi connectivity index (χ0n) is 13.7. The zero-order chi connectivity index (χ0) is 18.0. The van der Waals surface area contributed by atoms with Crippen LogP contribution >= 0.6 is 11.3 Å². The Kier molecular flexibility index (Phi) is 5.00. The first-order chi connectivity index (χ1) is 12.0. The van der Waals surface area contributed by atoms with E-state index in [9.17, 15) is 14.7 Å². The number of nitrogens with one attached hydrogen (secondary N) is 1. The van der Waals surface area contributed by atoms with Crippen LogP contribution in [0.15, 0.2) is 29.8 Å². The number of aryl methyl sites for hydroxylation is 1. The minimum atomic E-state index is -1.19. The molecule has 1 aromatic carbocycles. The molecule has 7 nitrogen and oxygen atoms in total. The second kappa shape index (κ2) is 7.20. The zero-order valence-corrected chi connectivity index (χ0v) is 14.5. The minimum absolute atomic E-state index is 0.0314. The lowest BCUT2D eigenvalue weighted by Crippen LogP contribution is -2.45. The number of aliphatic hydroxyl groups excluding tert-OH is 1. The van der Waals surface area contributed by atoms with E-state index in [1.807, 2.05) is 36.7 Å². The Morgan fingerprint density at radius 1 is 1.36 bits per heavy atom. The van der Waals surface area contributed by atoms with Crippen LogP contribution in [0.3, 0.4) is 0 Å². The maximum atomic E-state index is 12.2. The second-order valence-electron chi connectivity index (χ2n) is 6.02. The van der Waals surface area contributed by atoms with Crippen molar-refractivity contribution in [3.05, 3.63) is 41.0 Å². The molecular weight excluding hydrogens is 342 g/mol. The minimum Gasteiger partial charge on any atom is -0.465 e. The standard InChI is InChI=1S/C17H19N3O4S/c1-10-15(25-9-19-10)12-4-2-11(3-5-12)7-18-16(22)14-6-13(21)8-20(14)17(23)24/h2-5,9,13-14,21H,6-8H2,1H3,(H,18,22)(H,23,24)/t13-,14+/m1/s1. The van der Waals surface area contributed by atoms with Gasteiger partial charge in [-0.3, -0.25) is 9.69 Å². The van der Waals surface area contributed by atoms with E-state index in [1.165, 1.54) is 0 Å². The Bertz CT molecular complexity index is 774. The largest absolute Gasteiger partial charge is 0.465 e. The van der Waals surface area contributed by atoms with E-state index in [2.05, 4.69) is 10.3 Å². The molecule has 2 heterocycles. The van der Waals surface area contributed by atoms with Crippen molar-refractivity contribution in [1.29, 1.82) is 0 Å². The summed E-state index contributed by atoms with van der Waals surface area (Å²) < 4.78 is 0. The number of rotatable bonds is 4. The van der Waals surface area contributed by atoms with Crippen LogP contribution in [0.1, 0.15) is 17.7 Å². The highest BCUT2D eigenvalue weighted by atomic mass is 32.1. The van der Waals surface area contributed by atoms with E-state index in [0.717, 1.165) is 26.6 Å². The van der Waals surface area contributed by atoms with Crippen LogP contribution in [0.4, 0.5) is 4.79 Å². The molecule has 3 N–H and O–H groups in total. The molecule has 1 aliphatic heterocycles. The van der Waals surface area contributed by atoms with E-state index in [0.29, 0.717) is 6.54 Å². The summed E-state index contributed by atoms with van der Waals surface area (Å²) in [6.07, 6.45) is -1.86. The van der Waals surface area contributed by atoms with Crippen molar-refractivity contribution in [3.8, 4) is 10.4 Å². The molecule has 0 aliphatic carbocycles. The number of carbonyl (C=O) groups is 2. The van der Waals surface area contributed by atoms with Gasteiger partial charge in [-0.25, -0.2) is 9.78 Å². The number of hydrogen-bond donors (Lipinski definition) is 3. The number of β-amino-alcohol motifs (C(OH)–C–C–N with tert-alkyl or cyclic N) is 1. The third-order valence-electron chi connectivity index (χ3n) is 4.26. The lowest BCUT2D eigenvalue weighted by molar-refractivity contribution is -0.125. The van der Waals surface area contributed by atoms with Crippen LogP contribution in [0, 0.1) is 6.92 Å². The Morgan fingerprint density at radius 2 is 2.08 bits per heavy atom. The molecular formula is C17H19N3O4S. The molecule has 1 aromatic heterocycles. The SMILES string of the molecule is Cc1ncsc1-c1ccc(CNC(=O)[C@@H]2C[C@@H](O)CN2C(=O)O)cc1. The molecule has 3 rings (SSSR count). The van der Waals surface area contributed by atoms with Crippen molar-refractivity contribution < 1.29 is 19.8 Å². The van der Waals surface area contributed by atoms with Gasteiger partial charge in [-0.2, -0.15) is 0 Å². The first-order valence-electron chi connectivity index (χ1n) is 7.90. The molecule has 8 heteroatoms. The van der Waals surface area contributed by atoms with E-state index in [4.69, 9.17) is 5.11 Å². The highest BCUT2D eigenvalue weighted by Gasteiger charge is 2.38. The van der Waals surface area contributed by atoms with Gasteiger partial charge < -0.3 is 15.5 Å². The molecule has 0 bridgehead atoms. The van der Waals surface area contributed by atoms with Gasteiger partial charge in [0.05, 0.1) is 28.7 Å². The predicted molar refractivity (Wildman–Crippen MR) is 93.3 cm³/mol. The van der Waals surface area contributed by atoms with E-state index >= 15 is 0 Å². The van der Waals surface area contributed by atoms with Crippen LogP contribution in [0.5, 0.6) is 0 Å². The fourth-order valence-electron chi connectivity index (χ4n) is 2.93. The number of aliphatic hydroxyl groups is 1. The molecule has 0 spiro atoms. The quantitative estimate of drug-likeness (QED) is 0.771. The molecule has 0 saturated carbocycles. The third-order valence-corrected chi connectivity index (χ3v) is 5.23. The van der Waals surface area contributed by atoms with Crippen molar-refractivity contribution in [2.45, 2.75) is 32.0 Å². The third kappa shape index (κ3) is 3.80. The van der Waals surface area contributed by atoms with Crippen molar-refractivity contribution in [1.82, 2.24) is 15.2 Å². The maximum absolute atomic E-state index is 12.2. The summed E-state index contributed by atoms with van der Waals surface area (Å²) in [6, 6.07) is 6.96. The highest BCUT2D eigenvalue weighted by molar-refractivity contribution is 7.13. The summed E-state index contributed by atoms with van der Waals surface area (Å²) in [5.41, 5.74) is 4.79. The number of carboxylic acid groups (broad SMARTS) is 1. The number of amides is 2. The number of thiazole rings is 1. The van der Waals surface area contributed by atoms with Crippen LogP contribution in [-0.4, -0.2) is 50.8 Å². The van der Waals surface area contributed by atoms with Gasteiger partial charge in [0.2, 0.25) is 5.91 Å². The molecule has 132 valence electrons. The fourth-order valence-corrected chi connectivity index (χ4v) is 3.75. The van der Waals surface area contributed by atoms with Gasteiger partial charge in [0.25, 0.3) is 0 Å². The van der Waals surface area contributed by atoms with E-state index in [-0.39, 0.29) is 18.9 Å². The smallest absolute Gasteiger partial charge is 0.408 e. The van der Waals surface area contributed by atoms with Gasteiger partial charge in [0.1, 0.15) is 6.04 Å². The monoisotopic (exact) mass is 361 g/mol. The van der Waals surface area contributed by atoms with Crippen molar-refractivity contribution in [2.75, 3.05) is 6.54 Å². The Morgan fingerprint density at radius 3 is 2.68 bits per heavy atom. The van der Waals surface area contributed by atoms with Gasteiger partial charge in [0.15, 0.2) is 0 Å². The lowest BCUT2D eigenvalue weighted by Gasteiger charge is -2.20. The molecule has 2 amide bonds. The number of hydrogen-bond acceptors (Lipinski definition) is 5. The maximum Gasteiger partial charge on any atom is 0.408 e. The first kappa shape index (κ1) is 17.4. The molecule has 2 atom stereocenters. The van der Waals surface area contributed by atoms with E-state index < -0.39 is 18.2 Å². The summed E-state index contributed by atoms with van der Waals surface area (Å²) in [5, 5.41) is 21.5. The summed E-state index contributed by atoms with van der Waals surface area (Å²) in [6.45, 7) is 2.24. The Labute approximate surface area is 148 Å². The summed E-state index contributed by atoms with van der Waals surface area (Å²) in [5.74, 6) is -0.388. The number of nitrogens with zero attached hydrogens (tertiary/aromatic N) is 2. The molecule has 0 radical (unpaired) electrons. The molecule has 2 aromatic rings. The normalized spacial score (nSPS) is 19.8. The Balaban J connectivity index is 1.61. The van der Waals surface area contributed by atoms with Crippen LogP contribution in [-0.2, 0) is 11.3 Å². The number of benzene rings is 1. The summed E-state index contributed by atoms with van der Waals surface area (Å²) in [4.78, 5) is 29.7. The summed E-state index contributed by atoms with van der Waals surface area (Å²) in [7, 11) is 0. The average molecular weight is 361 g/mol. The van der Waals surface area contributed by atoms with Crippen LogP contribution < -0.4 is 5.32 Å². The van der Waals surface area contributed by atoms with Gasteiger partial charge in [0, 0.05) is 13.0 Å². The highest BCUT2D eigenvalue weighted by Crippen LogP contribution is 2.27. The topological polar surface area (TPSA) is 103 Å². The van der Waals surface area contributed by atoms with Crippen molar-refractivity contribution >= 4 is 23.3 Å².